The number of hydrogen-bond acceptors (Lipinski definition) is 5. The van der Waals surface area contributed by atoms with Crippen molar-refractivity contribution in [3.63, 3.8) is 0 Å². The van der Waals surface area contributed by atoms with E-state index in [9.17, 15) is 18.9 Å². The van der Waals surface area contributed by atoms with E-state index in [1.165, 1.54) is 6.20 Å². The molecule has 0 bridgehead atoms. The fraction of sp³-hybridized carbons (Fsp3) is 0.0833. The molecule has 0 unspecified atom stereocenters. The molecule has 6 nitrogen and oxygen atoms in total. The Hall–Kier alpha value is -2.77. The molecule has 0 saturated carbocycles. The number of nitro benzene ring substituents is 1. The van der Waals surface area contributed by atoms with Crippen LogP contribution in [0.1, 0.15) is 5.56 Å². The van der Waals surface area contributed by atoms with E-state index in [0.717, 1.165) is 0 Å². The molecular weight excluding hydrogens is 270 g/mol. The lowest BCUT2D eigenvalue weighted by Crippen LogP contribution is -2.05. The first-order chi connectivity index (χ1) is 9.47. The Morgan fingerprint density at radius 2 is 1.95 bits per heavy atom. The minimum Gasteiger partial charge on any atom is -0.384 e. The summed E-state index contributed by atoms with van der Waals surface area (Å²) >= 11 is 0. The topological polar surface area (TPSA) is 94.1 Å². The molecule has 0 aliphatic rings. The summed E-state index contributed by atoms with van der Waals surface area (Å²) < 4.78 is 27.2. The Labute approximate surface area is 112 Å². The number of non-ortho nitro benzene ring substituents is 1. The Balaban J connectivity index is 2.17. The molecule has 1 aromatic carbocycles. The molecular formula is C12H10F2N4O2. The second-order valence-electron chi connectivity index (χ2n) is 3.99. The van der Waals surface area contributed by atoms with Gasteiger partial charge in [0.05, 0.1) is 17.1 Å². The highest BCUT2D eigenvalue weighted by molar-refractivity contribution is 5.52. The second-order valence-corrected chi connectivity index (χ2v) is 3.99. The molecule has 0 amide bonds. The van der Waals surface area contributed by atoms with Crippen LogP contribution < -0.4 is 11.1 Å². The fourth-order valence-corrected chi connectivity index (χ4v) is 1.56. The largest absolute Gasteiger partial charge is 0.384 e. The van der Waals surface area contributed by atoms with Crippen molar-refractivity contribution in [3.8, 4) is 0 Å². The molecule has 1 aromatic heterocycles. The molecule has 20 heavy (non-hydrogen) atoms. The van der Waals surface area contributed by atoms with Crippen LogP contribution in [0.3, 0.4) is 0 Å². The predicted molar refractivity (Wildman–Crippen MR) is 69.0 cm³/mol. The molecule has 2 rings (SSSR count). The van der Waals surface area contributed by atoms with Crippen LogP contribution in [0.5, 0.6) is 0 Å². The molecule has 2 aromatic rings. The third kappa shape index (κ3) is 2.97. The van der Waals surface area contributed by atoms with Gasteiger partial charge >= 0.3 is 0 Å². The zero-order chi connectivity index (χ0) is 14.7. The SMILES string of the molecule is Nc1ccc(CNc2c(F)cc([N+](=O)[O-])cc2F)cn1. The zero-order valence-corrected chi connectivity index (χ0v) is 10.1. The summed E-state index contributed by atoms with van der Waals surface area (Å²) in [6, 6.07) is 4.52. The summed E-state index contributed by atoms with van der Waals surface area (Å²) in [6.07, 6.45) is 1.46. The lowest BCUT2D eigenvalue weighted by atomic mass is 10.2. The van der Waals surface area contributed by atoms with Crippen LogP contribution in [0.2, 0.25) is 0 Å². The molecule has 0 aliphatic carbocycles. The van der Waals surface area contributed by atoms with E-state index in [-0.39, 0.29) is 6.54 Å². The standard InChI is InChI=1S/C12H10F2N4O2/c13-9-3-8(18(19)20)4-10(14)12(9)17-6-7-1-2-11(15)16-5-7/h1-5,17H,6H2,(H2,15,16). The Bertz CT molecular complexity index is 623. The molecule has 0 fully saturated rings. The summed E-state index contributed by atoms with van der Waals surface area (Å²) in [6.45, 7) is 0.110. The van der Waals surface area contributed by atoms with Gasteiger partial charge in [0.25, 0.3) is 5.69 Å². The third-order valence-electron chi connectivity index (χ3n) is 2.55. The predicted octanol–water partition coefficient (Wildman–Crippen LogP) is 2.46. The Morgan fingerprint density at radius 3 is 2.45 bits per heavy atom. The van der Waals surface area contributed by atoms with E-state index in [1.807, 2.05) is 0 Å². The van der Waals surface area contributed by atoms with Crippen LogP contribution in [-0.4, -0.2) is 9.91 Å². The lowest BCUT2D eigenvalue weighted by molar-refractivity contribution is -0.385. The van der Waals surface area contributed by atoms with E-state index >= 15 is 0 Å². The summed E-state index contributed by atoms with van der Waals surface area (Å²) in [7, 11) is 0. The number of pyridine rings is 1. The van der Waals surface area contributed by atoms with E-state index < -0.39 is 27.9 Å². The van der Waals surface area contributed by atoms with Crippen molar-refractivity contribution in [3.05, 3.63) is 57.8 Å². The number of rotatable bonds is 4. The molecule has 3 N–H and O–H groups in total. The van der Waals surface area contributed by atoms with Crippen molar-refractivity contribution in [2.24, 2.45) is 0 Å². The minimum absolute atomic E-state index is 0.110. The van der Waals surface area contributed by atoms with Gasteiger partial charge < -0.3 is 11.1 Å². The molecule has 1 heterocycles. The van der Waals surface area contributed by atoms with E-state index in [0.29, 0.717) is 23.5 Å². The van der Waals surface area contributed by atoms with Gasteiger partial charge in [-0.2, -0.15) is 0 Å². The minimum atomic E-state index is -1.03. The number of aromatic nitrogens is 1. The molecule has 8 heteroatoms. The highest BCUT2D eigenvalue weighted by Crippen LogP contribution is 2.25. The maximum Gasteiger partial charge on any atom is 0.275 e. The van der Waals surface area contributed by atoms with Crippen LogP contribution in [0, 0.1) is 21.7 Å². The van der Waals surface area contributed by atoms with Crippen LogP contribution in [0.15, 0.2) is 30.5 Å². The number of benzene rings is 1. The van der Waals surface area contributed by atoms with Crippen LogP contribution in [0.25, 0.3) is 0 Å². The molecule has 0 saturated heterocycles. The van der Waals surface area contributed by atoms with Gasteiger partial charge in [-0.3, -0.25) is 10.1 Å². The smallest absolute Gasteiger partial charge is 0.275 e. The highest BCUT2D eigenvalue weighted by atomic mass is 19.1. The van der Waals surface area contributed by atoms with Gasteiger partial charge in [0.2, 0.25) is 0 Å². The average Bonchev–Trinajstić information content (AvgIpc) is 2.39. The maximum absolute atomic E-state index is 13.6. The number of nitrogens with two attached hydrogens (primary N) is 1. The van der Waals surface area contributed by atoms with Crippen molar-refractivity contribution in [1.29, 1.82) is 0 Å². The third-order valence-corrected chi connectivity index (χ3v) is 2.55. The summed E-state index contributed by atoms with van der Waals surface area (Å²) in [5, 5.41) is 13.0. The number of nitrogen functional groups attached to an aromatic ring is 1. The van der Waals surface area contributed by atoms with Crippen molar-refractivity contribution in [2.75, 3.05) is 11.1 Å². The number of halogens is 2. The van der Waals surface area contributed by atoms with Crippen LogP contribution in [-0.2, 0) is 6.54 Å². The van der Waals surface area contributed by atoms with Crippen LogP contribution in [0.4, 0.5) is 26.0 Å². The number of nitrogens with zero attached hydrogens (tertiary/aromatic N) is 2. The van der Waals surface area contributed by atoms with Gasteiger partial charge in [0.15, 0.2) is 11.6 Å². The quantitative estimate of drug-likeness (QED) is 0.662. The van der Waals surface area contributed by atoms with Gasteiger partial charge in [0, 0.05) is 12.7 Å². The molecule has 0 spiro atoms. The van der Waals surface area contributed by atoms with Gasteiger partial charge in [-0.05, 0) is 11.6 Å². The summed E-state index contributed by atoms with van der Waals surface area (Å²) in [5.41, 5.74) is 5.01. The highest BCUT2D eigenvalue weighted by Gasteiger charge is 2.16. The molecule has 104 valence electrons. The van der Waals surface area contributed by atoms with Crippen molar-refractivity contribution >= 4 is 17.2 Å². The van der Waals surface area contributed by atoms with Gasteiger partial charge in [-0.25, -0.2) is 13.8 Å². The number of anilines is 2. The van der Waals surface area contributed by atoms with Crippen LogP contribution >= 0.6 is 0 Å². The first-order valence-corrected chi connectivity index (χ1v) is 5.55. The summed E-state index contributed by atoms with van der Waals surface area (Å²) in [5.74, 6) is -1.72. The van der Waals surface area contributed by atoms with Crippen molar-refractivity contribution in [1.82, 2.24) is 4.98 Å². The first-order valence-electron chi connectivity index (χ1n) is 5.55. The fourth-order valence-electron chi connectivity index (χ4n) is 1.56. The van der Waals surface area contributed by atoms with Gasteiger partial charge in [0.1, 0.15) is 11.5 Å². The second kappa shape index (κ2) is 5.47. The van der Waals surface area contributed by atoms with Gasteiger partial charge in [-0.1, -0.05) is 6.07 Å². The molecule has 0 radical (unpaired) electrons. The Morgan fingerprint density at radius 1 is 1.30 bits per heavy atom. The molecule has 0 atom stereocenters. The Kier molecular flexibility index (Phi) is 3.74. The van der Waals surface area contributed by atoms with E-state index in [2.05, 4.69) is 10.3 Å². The summed E-state index contributed by atoms with van der Waals surface area (Å²) in [4.78, 5) is 13.4. The molecule has 0 aliphatic heterocycles. The normalized spacial score (nSPS) is 10.3. The monoisotopic (exact) mass is 280 g/mol. The lowest BCUT2D eigenvalue weighted by Gasteiger charge is -2.08. The van der Waals surface area contributed by atoms with E-state index in [1.54, 1.807) is 12.1 Å². The first kappa shape index (κ1) is 13.7. The van der Waals surface area contributed by atoms with E-state index in [4.69, 9.17) is 5.73 Å². The zero-order valence-electron chi connectivity index (χ0n) is 10.1. The number of nitrogens with one attached hydrogen (secondary N) is 1. The average molecular weight is 280 g/mol. The van der Waals surface area contributed by atoms with Crippen molar-refractivity contribution in [2.45, 2.75) is 6.54 Å². The maximum atomic E-state index is 13.6. The van der Waals surface area contributed by atoms with Crippen molar-refractivity contribution < 1.29 is 13.7 Å². The number of hydrogen-bond donors (Lipinski definition) is 2. The van der Waals surface area contributed by atoms with Gasteiger partial charge in [-0.15, -0.1) is 0 Å². The number of nitro groups is 1.